The van der Waals surface area contributed by atoms with Crippen LogP contribution in [-0.2, 0) is 5.41 Å². The number of carbonyl (C=O) groups excluding carboxylic acids is 2. The largest absolute Gasteiger partial charge is 0.355 e. The third-order valence-electron chi connectivity index (χ3n) is 4.53. The van der Waals surface area contributed by atoms with E-state index in [0.717, 1.165) is 12.8 Å². The Bertz CT molecular complexity index is 789. The normalized spacial score (nSPS) is 14.5. The second-order valence-corrected chi connectivity index (χ2v) is 6.63. The number of anilines is 1. The van der Waals surface area contributed by atoms with E-state index in [0.29, 0.717) is 22.8 Å². The van der Waals surface area contributed by atoms with Crippen molar-refractivity contribution in [3.8, 4) is 0 Å². The van der Waals surface area contributed by atoms with Crippen LogP contribution in [0.15, 0.2) is 48.5 Å². The van der Waals surface area contributed by atoms with Crippen molar-refractivity contribution in [2.45, 2.75) is 18.3 Å². The fourth-order valence-corrected chi connectivity index (χ4v) is 3.06. The number of urea groups is 1. The van der Waals surface area contributed by atoms with Gasteiger partial charge in [-0.15, -0.1) is 0 Å². The minimum atomic E-state index is -0.309. The maximum atomic E-state index is 12.2. The third kappa shape index (κ3) is 3.94. The topological polar surface area (TPSA) is 70.2 Å². The van der Waals surface area contributed by atoms with Gasteiger partial charge in [-0.05, 0) is 36.6 Å². The van der Waals surface area contributed by atoms with Crippen molar-refractivity contribution in [2.75, 3.05) is 18.9 Å². The fourth-order valence-electron chi connectivity index (χ4n) is 2.83. The highest BCUT2D eigenvalue weighted by Gasteiger charge is 2.44. The third-order valence-corrected chi connectivity index (χ3v) is 4.85. The summed E-state index contributed by atoms with van der Waals surface area (Å²) in [7, 11) is 1.55. The molecule has 2 aromatic carbocycles. The van der Waals surface area contributed by atoms with Gasteiger partial charge in [0, 0.05) is 24.6 Å². The zero-order valence-electron chi connectivity index (χ0n) is 13.9. The Balaban J connectivity index is 1.59. The predicted molar refractivity (Wildman–Crippen MR) is 99.2 cm³/mol. The summed E-state index contributed by atoms with van der Waals surface area (Å²) in [5.41, 5.74) is 2.21. The monoisotopic (exact) mass is 357 g/mol. The molecular formula is C19H20ClN3O2. The van der Waals surface area contributed by atoms with Gasteiger partial charge >= 0.3 is 6.03 Å². The second kappa shape index (κ2) is 7.15. The molecule has 0 atom stereocenters. The molecule has 6 heteroatoms. The molecule has 0 heterocycles. The van der Waals surface area contributed by atoms with Gasteiger partial charge in [-0.25, -0.2) is 4.79 Å². The molecule has 3 rings (SSSR count). The molecule has 130 valence electrons. The van der Waals surface area contributed by atoms with Crippen molar-refractivity contribution in [3.05, 3.63) is 64.7 Å². The van der Waals surface area contributed by atoms with E-state index in [4.69, 9.17) is 11.6 Å². The lowest BCUT2D eigenvalue weighted by Gasteiger charge is -2.17. The van der Waals surface area contributed by atoms with E-state index in [1.807, 2.05) is 18.2 Å². The molecule has 0 spiro atoms. The van der Waals surface area contributed by atoms with Crippen LogP contribution in [0.1, 0.15) is 28.8 Å². The van der Waals surface area contributed by atoms with Gasteiger partial charge in [0.1, 0.15) is 0 Å². The summed E-state index contributed by atoms with van der Waals surface area (Å²) in [6, 6.07) is 14.7. The Hall–Kier alpha value is -2.53. The van der Waals surface area contributed by atoms with Crippen LogP contribution in [-0.4, -0.2) is 25.5 Å². The van der Waals surface area contributed by atoms with E-state index in [1.165, 1.54) is 11.6 Å². The summed E-state index contributed by atoms with van der Waals surface area (Å²) >= 11 is 6.15. The Morgan fingerprint density at radius 3 is 2.44 bits per heavy atom. The number of hydrogen-bond acceptors (Lipinski definition) is 2. The van der Waals surface area contributed by atoms with Crippen LogP contribution in [0.3, 0.4) is 0 Å². The standard InChI is InChI=1S/C19H20ClN3O2/c1-21-17(24)13-7-8-16(15(20)11-13)23-18(25)22-12-19(9-10-19)14-5-3-2-4-6-14/h2-8,11H,9-10,12H2,1H3,(H,21,24)(H2,22,23,25). The summed E-state index contributed by atoms with van der Waals surface area (Å²) < 4.78 is 0. The Morgan fingerprint density at radius 1 is 1.12 bits per heavy atom. The minimum Gasteiger partial charge on any atom is -0.355 e. The number of benzene rings is 2. The summed E-state index contributed by atoms with van der Waals surface area (Å²) in [6.45, 7) is 0.580. The van der Waals surface area contributed by atoms with E-state index in [2.05, 4.69) is 28.1 Å². The molecule has 1 fully saturated rings. The van der Waals surface area contributed by atoms with Crippen LogP contribution in [0, 0.1) is 0 Å². The molecule has 1 aliphatic rings. The summed E-state index contributed by atoms with van der Waals surface area (Å²) in [5, 5.41) is 8.50. The summed E-state index contributed by atoms with van der Waals surface area (Å²) in [6.07, 6.45) is 2.14. The number of hydrogen-bond donors (Lipinski definition) is 3. The molecule has 2 aromatic rings. The van der Waals surface area contributed by atoms with E-state index >= 15 is 0 Å². The Kier molecular flexibility index (Phi) is 4.95. The highest BCUT2D eigenvalue weighted by Crippen LogP contribution is 2.47. The maximum Gasteiger partial charge on any atom is 0.319 e. The van der Waals surface area contributed by atoms with Gasteiger partial charge in [0.25, 0.3) is 5.91 Å². The average molecular weight is 358 g/mol. The molecule has 25 heavy (non-hydrogen) atoms. The van der Waals surface area contributed by atoms with Crippen LogP contribution in [0.4, 0.5) is 10.5 Å². The number of carbonyl (C=O) groups is 2. The smallest absolute Gasteiger partial charge is 0.319 e. The molecule has 5 nitrogen and oxygen atoms in total. The molecule has 3 N–H and O–H groups in total. The van der Waals surface area contributed by atoms with Crippen molar-refractivity contribution in [3.63, 3.8) is 0 Å². The van der Waals surface area contributed by atoms with E-state index < -0.39 is 0 Å². The van der Waals surface area contributed by atoms with E-state index in [9.17, 15) is 9.59 Å². The molecule has 0 unspecified atom stereocenters. The molecule has 0 aromatic heterocycles. The molecule has 1 saturated carbocycles. The number of rotatable bonds is 5. The molecule has 0 saturated heterocycles. The Labute approximate surface area is 151 Å². The first-order chi connectivity index (χ1) is 12.0. The number of nitrogens with one attached hydrogen (secondary N) is 3. The highest BCUT2D eigenvalue weighted by molar-refractivity contribution is 6.34. The van der Waals surface area contributed by atoms with Crippen molar-refractivity contribution in [1.82, 2.24) is 10.6 Å². The summed E-state index contributed by atoms with van der Waals surface area (Å²) in [5.74, 6) is -0.226. The first-order valence-electron chi connectivity index (χ1n) is 8.16. The van der Waals surface area contributed by atoms with Crippen molar-refractivity contribution in [2.24, 2.45) is 0 Å². The zero-order valence-corrected chi connectivity index (χ0v) is 14.7. The van der Waals surface area contributed by atoms with Gasteiger partial charge in [0.2, 0.25) is 0 Å². The molecular weight excluding hydrogens is 338 g/mol. The maximum absolute atomic E-state index is 12.2. The lowest BCUT2D eigenvalue weighted by Crippen LogP contribution is -2.35. The zero-order chi connectivity index (χ0) is 17.9. The highest BCUT2D eigenvalue weighted by atomic mass is 35.5. The quantitative estimate of drug-likeness (QED) is 0.765. The molecule has 0 radical (unpaired) electrons. The molecule has 3 amide bonds. The van der Waals surface area contributed by atoms with Gasteiger partial charge in [-0.2, -0.15) is 0 Å². The molecule has 1 aliphatic carbocycles. The van der Waals surface area contributed by atoms with Crippen LogP contribution in [0.2, 0.25) is 5.02 Å². The predicted octanol–water partition coefficient (Wildman–Crippen LogP) is 3.55. The van der Waals surface area contributed by atoms with Gasteiger partial charge in [-0.3, -0.25) is 4.79 Å². The minimum absolute atomic E-state index is 0.0471. The summed E-state index contributed by atoms with van der Waals surface area (Å²) in [4.78, 5) is 23.8. The Morgan fingerprint density at radius 2 is 1.84 bits per heavy atom. The lowest BCUT2D eigenvalue weighted by atomic mass is 9.96. The van der Waals surface area contributed by atoms with Crippen molar-refractivity contribution < 1.29 is 9.59 Å². The molecule has 0 aliphatic heterocycles. The van der Waals surface area contributed by atoms with E-state index in [-0.39, 0.29) is 17.4 Å². The molecule has 0 bridgehead atoms. The van der Waals surface area contributed by atoms with Crippen LogP contribution in [0.5, 0.6) is 0 Å². The second-order valence-electron chi connectivity index (χ2n) is 6.23. The number of halogens is 1. The van der Waals surface area contributed by atoms with Crippen LogP contribution < -0.4 is 16.0 Å². The van der Waals surface area contributed by atoms with Crippen LogP contribution in [0.25, 0.3) is 0 Å². The SMILES string of the molecule is CNC(=O)c1ccc(NC(=O)NCC2(c3ccccc3)CC2)c(Cl)c1. The van der Waals surface area contributed by atoms with E-state index in [1.54, 1.807) is 19.2 Å². The first-order valence-corrected chi connectivity index (χ1v) is 8.54. The van der Waals surface area contributed by atoms with Crippen molar-refractivity contribution >= 4 is 29.2 Å². The van der Waals surface area contributed by atoms with Gasteiger partial charge in [-0.1, -0.05) is 41.9 Å². The first kappa shape index (κ1) is 17.3. The average Bonchev–Trinajstić information content (AvgIpc) is 3.43. The number of amides is 3. The van der Waals surface area contributed by atoms with Gasteiger partial charge in [0.15, 0.2) is 0 Å². The van der Waals surface area contributed by atoms with Crippen molar-refractivity contribution in [1.29, 1.82) is 0 Å². The van der Waals surface area contributed by atoms with Gasteiger partial charge in [0.05, 0.1) is 10.7 Å². The lowest BCUT2D eigenvalue weighted by molar-refractivity contribution is 0.0963. The van der Waals surface area contributed by atoms with Crippen LogP contribution >= 0.6 is 11.6 Å². The van der Waals surface area contributed by atoms with Gasteiger partial charge < -0.3 is 16.0 Å². The fraction of sp³-hybridized carbons (Fsp3) is 0.263.